The van der Waals surface area contributed by atoms with Crippen molar-refractivity contribution in [3.8, 4) is 6.07 Å². The number of nitriles is 1. The Kier molecular flexibility index (Phi) is 4.11. The summed E-state index contributed by atoms with van der Waals surface area (Å²) in [7, 11) is -3.65. The molecule has 19 heavy (non-hydrogen) atoms. The topological polar surface area (TPSA) is 70.4 Å². The molecular weight excluding hydrogens is 288 g/mol. The Hall–Kier alpha value is -1.13. The SMILES string of the molecule is CC1COCCN1S(=O)(=O)c1ccc(C#N)cc1Cl. The lowest BCUT2D eigenvalue weighted by Gasteiger charge is -2.32. The Bertz CT molecular complexity index is 624. The van der Waals surface area contributed by atoms with E-state index >= 15 is 0 Å². The van der Waals surface area contributed by atoms with E-state index in [9.17, 15) is 8.42 Å². The number of morpholine rings is 1. The third-order valence-electron chi connectivity index (χ3n) is 2.95. The molecule has 1 aliphatic heterocycles. The third-order valence-corrected chi connectivity index (χ3v) is 5.45. The molecule has 0 saturated carbocycles. The smallest absolute Gasteiger partial charge is 0.244 e. The molecule has 1 fully saturated rings. The first kappa shape index (κ1) is 14.3. The van der Waals surface area contributed by atoms with E-state index in [1.54, 1.807) is 6.92 Å². The summed E-state index contributed by atoms with van der Waals surface area (Å²) >= 11 is 5.97. The average molecular weight is 301 g/mol. The molecule has 0 amide bonds. The molecule has 102 valence electrons. The van der Waals surface area contributed by atoms with Gasteiger partial charge in [-0.2, -0.15) is 9.57 Å². The summed E-state index contributed by atoms with van der Waals surface area (Å²) in [5.41, 5.74) is 0.332. The van der Waals surface area contributed by atoms with Crippen LogP contribution in [0, 0.1) is 11.3 Å². The second-order valence-electron chi connectivity index (χ2n) is 4.30. The monoisotopic (exact) mass is 300 g/mol. The van der Waals surface area contributed by atoms with Crippen LogP contribution >= 0.6 is 11.6 Å². The summed E-state index contributed by atoms with van der Waals surface area (Å²) in [6, 6.07) is 5.87. The first-order chi connectivity index (χ1) is 8.96. The van der Waals surface area contributed by atoms with Crippen molar-refractivity contribution in [2.75, 3.05) is 19.8 Å². The minimum absolute atomic E-state index is 0.0296. The van der Waals surface area contributed by atoms with Crippen LogP contribution < -0.4 is 0 Å². The van der Waals surface area contributed by atoms with Crippen molar-refractivity contribution >= 4 is 21.6 Å². The first-order valence-corrected chi connectivity index (χ1v) is 7.58. The Morgan fingerprint density at radius 2 is 2.26 bits per heavy atom. The largest absolute Gasteiger partial charge is 0.378 e. The van der Waals surface area contributed by atoms with Gasteiger partial charge in [-0.3, -0.25) is 0 Å². The summed E-state index contributed by atoms with van der Waals surface area (Å²) in [5, 5.41) is 8.83. The maximum Gasteiger partial charge on any atom is 0.244 e. The molecule has 0 aliphatic carbocycles. The first-order valence-electron chi connectivity index (χ1n) is 5.76. The summed E-state index contributed by atoms with van der Waals surface area (Å²) in [6.45, 7) is 2.83. The van der Waals surface area contributed by atoms with E-state index in [1.807, 2.05) is 6.07 Å². The van der Waals surface area contributed by atoms with Gasteiger partial charge in [0.2, 0.25) is 10.0 Å². The third kappa shape index (κ3) is 2.74. The Balaban J connectivity index is 2.42. The van der Waals surface area contributed by atoms with Gasteiger partial charge in [0.05, 0.1) is 29.9 Å². The van der Waals surface area contributed by atoms with Crippen LogP contribution in [0.15, 0.2) is 23.1 Å². The highest BCUT2D eigenvalue weighted by molar-refractivity contribution is 7.89. The minimum atomic E-state index is -3.65. The standard InChI is InChI=1S/C12H13ClN2O3S/c1-9-8-18-5-4-15(9)19(16,17)12-3-2-10(7-14)6-11(12)13/h2-3,6,9H,4-5,8H2,1H3. The molecule has 1 atom stereocenters. The highest BCUT2D eigenvalue weighted by Crippen LogP contribution is 2.27. The maximum atomic E-state index is 12.5. The van der Waals surface area contributed by atoms with Crippen molar-refractivity contribution in [1.29, 1.82) is 5.26 Å². The molecule has 2 rings (SSSR count). The van der Waals surface area contributed by atoms with Gasteiger partial charge in [0.1, 0.15) is 4.90 Å². The zero-order chi connectivity index (χ0) is 14.0. The highest BCUT2D eigenvalue weighted by atomic mass is 35.5. The van der Waals surface area contributed by atoms with Crippen molar-refractivity contribution < 1.29 is 13.2 Å². The molecule has 1 aromatic rings. The molecule has 0 bridgehead atoms. The van der Waals surface area contributed by atoms with Crippen molar-refractivity contribution in [3.63, 3.8) is 0 Å². The molecule has 0 spiro atoms. The summed E-state index contributed by atoms with van der Waals surface area (Å²) in [4.78, 5) is 0.0296. The molecule has 1 unspecified atom stereocenters. The second-order valence-corrected chi connectivity index (χ2v) is 6.56. The van der Waals surface area contributed by atoms with E-state index in [4.69, 9.17) is 21.6 Å². The van der Waals surface area contributed by atoms with Gasteiger partial charge in [0.15, 0.2) is 0 Å². The number of sulfonamides is 1. The molecular formula is C12H13ClN2O3S. The van der Waals surface area contributed by atoms with E-state index in [-0.39, 0.29) is 16.0 Å². The summed E-state index contributed by atoms with van der Waals surface area (Å²) in [6.07, 6.45) is 0. The fourth-order valence-electron chi connectivity index (χ4n) is 1.97. The van der Waals surface area contributed by atoms with Gasteiger partial charge in [-0.05, 0) is 25.1 Å². The molecule has 0 aromatic heterocycles. The van der Waals surface area contributed by atoms with Crippen molar-refractivity contribution in [1.82, 2.24) is 4.31 Å². The lowest BCUT2D eigenvalue weighted by Crippen LogP contribution is -2.47. The van der Waals surface area contributed by atoms with Gasteiger partial charge in [0.25, 0.3) is 0 Å². The fraction of sp³-hybridized carbons (Fsp3) is 0.417. The van der Waals surface area contributed by atoms with E-state index in [0.29, 0.717) is 25.3 Å². The lowest BCUT2D eigenvalue weighted by atomic mass is 10.2. The number of nitrogens with zero attached hydrogens (tertiary/aromatic N) is 2. The molecule has 1 aliphatic rings. The molecule has 0 radical (unpaired) electrons. The molecule has 1 saturated heterocycles. The van der Waals surface area contributed by atoms with Crippen molar-refractivity contribution in [3.05, 3.63) is 28.8 Å². The molecule has 7 heteroatoms. The second kappa shape index (κ2) is 5.47. The van der Waals surface area contributed by atoms with Gasteiger partial charge < -0.3 is 4.74 Å². The number of halogens is 1. The van der Waals surface area contributed by atoms with Gasteiger partial charge in [-0.25, -0.2) is 8.42 Å². The van der Waals surface area contributed by atoms with Crippen LogP contribution in [-0.4, -0.2) is 38.5 Å². The van der Waals surface area contributed by atoms with E-state index in [0.717, 1.165) is 0 Å². The Labute approximate surface area is 117 Å². The quantitative estimate of drug-likeness (QED) is 0.832. The van der Waals surface area contributed by atoms with Crippen molar-refractivity contribution in [2.24, 2.45) is 0 Å². The van der Waals surface area contributed by atoms with Gasteiger partial charge in [-0.15, -0.1) is 0 Å². The van der Waals surface area contributed by atoms with Crippen LogP contribution in [0.2, 0.25) is 5.02 Å². The predicted octanol–water partition coefficient (Wildman–Crippen LogP) is 1.62. The van der Waals surface area contributed by atoms with E-state index in [1.165, 1.54) is 22.5 Å². The predicted molar refractivity (Wildman–Crippen MR) is 70.3 cm³/mol. The van der Waals surface area contributed by atoms with Crippen LogP contribution in [0.5, 0.6) is 0 Å². The Morgan fingerprint density at radius 3 is 2.84 bits per heavy atom. The zero-order valence-corrected chi connectivity index (χ0v) is 11.9. The van der Waals surface area contributed by atoms with Gasteiger partial charge in [0, 0.05) is 12.6 Å². The highest BCUT2D eigenvalue weighted by Gasteiger charge is 2.32. The van der Waals surface area contributed by atoms with Crippen LogP contribution in [0.25, 0.3) is 0 Å². The summed E-state index contributed by atoms with van der Waals surface area (Å²) in [5.74, 6) is 0. The number of ether oxygens (including phenoxy) is 1. The average Bonchev–Trinajstić information content (AvgIpc) is 2.38. The van der Waals surface area contributed by atoms with E-state index < -0.39 is 10.0 Å². The number of hydrogen-bond acceptors (Lipinski definition) is 4. The zero-order valence-electron chi connectivity index (χ0n) is 10.3. The van der Waals surface area contributed by atoms with Gasteiger partial charge in [-0.1, -0.05) is 11.6 Å². The van der Waals surface area contributed by atoms with Crippen LogP contribution in [0.3, 0.4) is 0 Å². The fourth-order valence-corrected chi connectivity index (χ4v) is 4.10. The number of benzene rings is 1. The molecule has 1 heterocycles. The number of hydrogen-bond donors (Lipinski definition) is 0. The van der Waals surface area contributed by atoms with E-state index in [2.05, 4.69) is 0 Å². The summed E-state index contributed by atoms with van der Waals surface area (Å²) < 4.78 is 31.6. The van der Waals surface area contributed by atoms with Crippen LogP contribution in [0.1, 0.15) is 12.5 Å². The molecule has 1 aromatic carbocycles. The van der Waals surface area contributed by atoms with Crippen LogP contribution in [0.4, 0.5) is 0 Å². The molecule has 5 nitrogen and oxygen atoms in total. The lowest BCUT2D eigenvalue weighted by molar-refractivity contribution is 0.0393. The Morgan fingerprint density at radius 1 is 1.53 bits per heavy atom. The van der Waals surface area contributed by atoms with Gasteiger partial charge >= 0.3 is 0 Å². The normalized spacial score (nSPS) is 21.0. The molecule has 0 N–H and O–H groups in total. The minimum Gasteiger partial charge on any atom is -0.378 e. The van der Waals surface area contributed by atoms with Crippen molar-refractivity contribution in [2.45, 2.75) is 17.9 Å². The van der Waals surface area contributed by atoms with Crippen LogP contribution in [-0.2, 0) is 14.8 Å². The maximum absolute atomic E-state index is 12.5. The number of rotatable bonds is 2.